The number of piperidine rings is 1. The van der Waals surface area contributed by atoms with Crippen molar-refractivity contribution in [2.45, 2.75) is 24.8 Å². The highest BCUT2D eigenvalue weighted by Crippen LogP contribution is 2.34. The molecule has 13 heteroatoms. The van der Waals surface area contributed by atoms with Crippen LogP contribution in [0.4, 0.5) is 14.5 Å². The molecule has 4 heterocycles. The minimum absolute atomic E-state index is 0.0610. The third-order valence-electron chi connectivity index (χ3n) is 8.40. The Morgan fingerprint density at radius 1 is 0.929 bits per heavy atom. The fraction of sp³-hybridized carbons (Fsp3) is 0.414. The van der Waals surface area contributed by atoms with Crippen molar-refractivity contribution in [3.8, 4) is 0 Å². The number of nitrogens with one attached hydrogen (secondary N) is 1. The Labute approximate surface area is 245 Å². The van der Waals surface area contributed by atoms with Gasteiger partial charge in [0.25, 0.3) is 17.7 Å². The Balaban J connectivity index is 1.01. The van der Waals surface area contributed by atoms with Crippen molar-refractivity contribution < 1.29 is 32.8 Å². The fourth-order valence-corrected chi connectivity index (χ4v) is 6.16. The number of anilines is 1. The summed E-state index contributed by atoms with van der Waals surface area (Å²) in [5.74, 6) is -6.67. The molecule has 0 spiro atoms. The first-order chi connectivity index (χ1) is 20.0. The number of piperazine rings is 1. The molecule has 3 saturated heterocycles. The number of carbonyl (C=O) groups excluding carboxylic acids is 5. The van der Waals surface area contributed by atoms with Gasteiger partial charge in [0, 0.05) is 74.4 Å². The topological polar surface area (TPSA) is 110 Å². The summed E-state index contributed by atoms with van der Waals surface area (Å²) in [6, 6.07) is 9.06. The lowest BCUT2D eigenvalue weighted by Gasteiger charge is -2.45. The van der Waals surface area contributed by atoms with Crippen molar-refractivity contribution in [2.75, 3.05) is 50.7 Å². The van der Waals surface area contributed by atoms with Crippen LogP contribution in [0.5, 0.6) is 0 Å². The molecule has 3 fully saturated rings. The van der Waals surface area contributed by atoms with Gasteiger partial charge in [-0.2, -0.15) is 8.78 Å². The Bertz CT molecular complexity index is 1470. The molecule has 0 aromatic heterocycles. The third-order valence-corrected chi connectivity index (χ3v) is 8.65. The van der Waals surface area contributed by atoms with E-state index in [4.69, 9.17) is 11.6 Å². The van der Waals surface area contributed by atoms with Gasteiger partial charge in [-0.25, -0.2) is 0 Å². The summed E-state index contributed by atoms with van der Waals surface area (Å²) in [5, 5.41) is 2.51. The molecule has 4 aliphatic rings. The maximum absolute atomic E-state index is 14.8. The summed E-state index contributed by atoms with van der Waals surface area (Å²) < 4.78 is 29.6. The van der Waals surface area contributed by atoms with Crippen molar-refractivity contribution in [2.24, 2.45) is 5.92 Å². The average molecular weight is 600 g/mol. The van der Waals surface area contributed by atoms with Crippen LogP contribution in [0.25, 0.3) is 0 Å². The molecule has 2 aromatic carbocycles. The van der Waals surface area contributed by atoms with Gasteiger partial charge in [-0.3, -0.25) is 39.1 Å². The molecule has 220 valence electrons. The molecule has 4 aliphatic heterocycles. The number of hydrogen-bond donors (Lipinski definition) is 1. The van der Waals surface area contributed by atoms with Gasteiger partial charge in [0.05, 0.1) is 11.1 Å². The molecule has 0 bridgehead atoms. The second-order valence-corrected chi connectivity index (χ2v) is 11.6. The van der Waals surface area contributed by atoms with Crippen LogP contribution in [0.3, 0.4) is 0 Å². The first-order valence-electron chi connectivity index (χ1n) is 13.8. The Hall–Kier alpha value is -3.90. The molecule has 42 heavy (non-hydrogen) atoms. The summed E-state index contributed by atoms with van der Waals surface area (Å²) in [6.45, 7) is 3.58. The monoisotopic (exact) mass is 599 g/mol. The zero-order chi connectivity index (χ0) is 29.8. The number of halogens is 3. The van der Waals surface area contributed by atoms with Crippen molar-refractivity contribution in [3.05, 3.63) is 64.2 Å². The van der Waals surface area contributed by atoms with E-state index >= 15 is 0 Å². The number of benzene rings is 2. The molecule has 1 atom stereocenters. The number of fused-ring (bicyclic) bond motifs is 1. The molecule has 0 aliphatic carbocycles. The predicted molar refractivity (Wildman–Crippen MR) is 147 cm³/mol. The summed E-state index contributed by atoms with van der Waals surface area (Å²) in [5.41, 5.74) is 0.882. The van der Waals surface area contributed by atoms with Crippen molar-refractivity contribution in [3.63, 3.8) is 0 Å². The number of alkyl halides is 2. The molecule has 1 unspecified atom stereocenters. The fourth-order valence-electron chi connectivity index (χ4n) is 6.03. The van der Waals surface area contributed by atoms with Crippen LogP contribution < -0.4 is 10.2 Å². The summed E-state index contributed by atoms with van der Waals surface area (Å²) in [7, 11) is 0. The Kier molecular flexibility index (Phi) is 7.22. The van der Waals surface area contributed by atoms with Gasteiger partial charge < -0.3 is 9.80 Å². The van der Waals surface area contributed by atoms with Gasteiger partial charge in [-0.05, 0) is 36.8 Å². The standard InChI is InChI=1S/C29H28ClF2N5O5/c30-19-3-1-18(2-4-19)29(31,32)28(42)35-11-9-34(10-12-35)14-17-15-36(16-17)20-5-6-21-22(13-20)27(41)37(26(21)40)23-7-8-24(38)33-25(23)39/h1-6,13,17,23H,7-12,14-16H2,(H,33,38,39). The molecule has 6 rings (SSSR count). The first-order valence-corrected chi connectivity index (χ1v) is 14.2. The zero-order valence-electron chi connectivity index (χ0n) is 22.5. The van der Waals surface area contributed by atoms with Crippen LogP contribution in [0, 0.1) is 5.92 Å². The maximum atomic E-state index is 14.8. The molecule has 1 N–H and O–H groups in total. The summed E-state index contributed by atoms with van der Waals surface area (Å²) in [6.07, 6.45) is 0.162. The van der Waals surface area contributed by atoms with Gasteiger partial charge in [0.1, 0.15) is 6.04 Å². The van der Waals surface area contributed by atoms with Crippen LogP contribution in [0.1, 0.15) is 39.1 Å². The summed E-state index contributed by atoms with van der Waals surface area (Å²) >= 11 is 5.78. The number of imide groups is 2. The van der Waals surface area contributed by atoms with Crippen LogP contribution in [0.15, 0.2) is 42.5 Å². The van der Waals surface area contributed by atoms with Gasteiger partial charge in [0.2, 0.25) is 11.8 Å². The van der Waals surface area contributed by atoms with E-state index in [1.165, 1.54) is 29.2 Å². The highest BCUT2D eigenvalue weighted by atomic mass is 35.5. The number of hydrogen-bond acceptors (Lipinski definition) is 7. The molecular formula is C29H28ClF2N5O5. The predicted octanol–water partition coefficient (Wildman–Crippen LogP) is 2.11. The van der Waals surface area contributed by atoms with E-state index in [1.54, 1.807) is 18.2 Å². The average Bonchev–Trinajstić information content (AvgIpc) is 3.19. The second kappa shape index (κ2) is 10.7. The van der Waals surface area contributed by atoms with E-state index < -0.39 is 41.5 Å². The Morgan fingerprint density at radius 3 is 2.26 bits per heavy atom. The van der Waals surface area contributed by atoms with Gasteiger partial charge in [-0.15, -0.1) is 0 Å². The molecule has 2 aromatic rings. The van der Waals surface area contributed by atoms with Crippen LogP contribution in [-0.2, 0) is 20.3 Å². The van der Waals surface area contributed by atoms with E-state index in [9.17, 15) is 32.8 Å². The lowest BCUT2D eigenvalue weighted by Crippen LogP contribution is -2.56. The molecule has 0 radical (unpaired) electrons. The lowest BCUT2D eigenvalue weighted by atomic mass is 9.97. The van der Waals surface area contributed by atoms with Gasteiger partial charge >= 0.3 is 5.92 Å². The van der Waals surface area contributed by atoms with E-state index in [2.05, 4.69) is 15.1 Å². The van der Waals surface area contributed by atoms with E-state index in [-0.39, 0.29) is 42.6 Å². The van der Waals surface area contributed by atoms with Crippen LogP contribution >= 0.6 is 11.6 Å². The Morgan fingerprint density at radius 2 is 1.60 bits per heavy atom. The van der Waals surface area contributed by atoms with Gasteiger partial charge in [-0.1, -0.05) is 23.7 Å². The smallest absolute Gasteiger partial charge is 0.349 e. The van der Waals surface area contributed by atoms with E-state index in [1.807, 2.05) is 0 Å². The largest absolute Gasteiger partial charge is 0.371 e. The molecule has 10 nitrogen and oxygen atoms in total. The van der Waals surface area contributed by atoms with E-state index in [0.29, 0.717) is 37.1 Å². The quantitative estimate of drug-likeness (QED) is 0.507. The third kappa shape index (κ3) is 5.02. The first kappa shape index (κ1) is 28.2. The highest BCUT2D eigenvalue weighted by molar-refractivity contribution is 6.30. The lowest BCUT2D eigenvalue weighted by molar-refractivity contribution is -0.161. The van der Waals surface area contributed by atoms with Crippen molar-refractivity contribution in [1.29, 1.82) is 0 Å². The number of rotatable bonds is 6. The SMILES string of the molecule is O=C1CCC(N2C(=O)c3ccc(N4CC(CN5CCN(C(=O)C(F)(F)c6ccc(Cl)cc6)CC5)C4)cc3C2=O)C(=O)N1. The minimum atomic E-state index is -3.62. The van der Waals surface area contributed by atoms with Crippen LogP contribution in [0.2, 0.25) is 5.02 Å². The molecule has 5 amide bonds. The molecular weight excluding hydrogens is 572 g/mol. The van der Waals surface area contributed by atoms with Crippen molar-refractivity contribution in [1.82, 2.24) is 20.0 Å². The second-order valence-electron chi connectivity index (χ2n) is 11.1. The highest BCUT2D eigenvalue weighted by Gasteiger charge is 2.46. The van der Waals surface area contributed by atoms with Crippen LogP contribution in [-0.4, -0.2) is 96.1 Å². The zero-order valence-corrected chi connectivity index (χ0v) is 23.3. The van der Waals surface area contributed by atoms with E-state index in [0.717, 1.165) is 17.1 Å². The minimum Gasteiger partial charge on any atom is -0.371 e. The summed E-state index contributed by atoms with van der Waals surface area (Å²) in [4.78, 5) is 68.8. The number of amides is 5. The molecule has 0 saturated carbocycles. The van der Waals surface area contributed by atoms with Crippen molar-refractivity contribution >= 4 is 46.8 Å². The van der Waals surface area contributed by atoms with Gasteiger partial charge in [0.15, 0.2) is 0 Å². The normalized spacial score (nSPS) is 21.9. The number of nitrogens with zero attached hydrogens (tertiary/aromatic N) is 4. The maximum Gasteiger partial charge on any atom is 0.349 e. The number of carbonyl (C=O) groups is 5.